The summed E-state index contributed by atoms with van der Waals surface area (Å²) in [6, 6.07) is 7.20. The number of piperazine rings is 1. The second-order valence-corrected chi connectivity index (χ2v) is 7.59. The molecule has 1 aromatic rings. The second-order valence-electron chi connectivity index (χ2n) is 7.59. The Hall–Kier alpha value is -1.96. The third kappa shape index (κ3) is 4.66. The van der Waals surface area contributed by atoms with E-state index in [9.17, 15) is 9.59 Å². The first-order chi connectivity index (χ1) is 13.0. The normalized spacial score (nSPS) is 20.3. The fraction of sp³-hybridized carbons (Fsp3) is 0.600. The molecule has 2 fully saturated rings. The number of amides is 2. The lowest BCUT2D eigenvalue weighted by Gasteiger charge is -2.35. The van der Waals surface area contributed by atoms with Crippen molar-refractivity contribution in [2.45, 2.75) is 12.8 Å². The number of piperidine rings is 1. The average Bonchev–Trinajstić information content (AvgIpc) is 2.69. The van der Waals surface area contributed by atoms with Crippen LogP contribution in [0, 0.1) is 5.41 Å². The molecular weight excluding hydrogens is 344 g/mol. The zero-order chi connectivity index (χ0) is 19.3. The predicted molar refractivity (Wildman–Crippen MR) is 105 cm³/mol. The first-order valence-electron chi connectivity index (χ1n) is 9.63. The Kier molecular flexibility index (Phi) is 6.46. The lowest BCUT2D eigenvalue weighted by molar-refractivity contribution is -0.130. The number of carbonyl (C=O) groups excluding carboxylic acids is 2. The number of methoxy groups -OCH3 is 1. The van der Waals surface area contributed by atoms with Crippen molar-refractivity contribution < 1.29 is 14.3 Å². The van der Waals surface area contributed by atoms with Gasteiger partial charge in [-0.25, -0.2) is 0 Å². The van der Waals surface area contributed by atoms with Gasteiger partial charge in [-0.15, -0.1) is 0 Å². The summed E-state index contributed by atoms with van der Waals surface area (Å²) >= 11 is 0. The van der Waals surface area contributed by atoms with Crippen LogP contribution in [-0.2, 0) is 9.53 Å². The number of benzene rings is 1. The number of rotatable bonds is 5. The van der Waals surface area contributed by atoms with Crippen LogP contribution in [0.5, 0.6) is 0 Å². The van der Waals surface area contributed by atoms with Crippen molar-refractivity contribution in [2.24, 2.45) is 5.41 Å². The topological polar surface area (TPSA) is 73.9 Å². The molecule has 2 aliphatic heterocycles. The molecule has 2 N–H and O–H groups in total. The Morgan fingerprint density at radius 3 is 2.33 bits per heavy atom. The van der Waals surface area contributed by atoms with Gasteiger partial charge in [0, 0.05) is 44.5 Å². The van der Waals surface area contributed by atoms with E-state index in [4.69, 9.17) is 4.74 Å². The van der Waals surface area contributed by atoms with E-state index in [0.717, 1.165) is 52.1 Å². The van der Waals surface area contributed by atoms with E-state index in [-0.39, 0.29) is 11.8 Å². The number of nitrogens with zero attached hydrogens (tertiary/aromatic N) is 2. The van der Waals surface area contributed by atoms with Crippen LogP contribution in [0.3, 0.4) is 0 Å². The van der Waals surface area contributed by atoms with E-state index in [1.54, 1.807) is 19.2 Å². The van der Waals surface area contributed by atoms with Gasteiger partial charge in [0.25, 0.3) is 5.91 Å². The number of carbonyl (C=O) groups is 2. The summed E-state index contributed by atoms with van der Waals surface area (Å²) in [5.74, 6) is 0.0409. The van der Waals surface area contributed by atoms with Crippen LogP contribution in [0.2, 0.25) is 0 Å². The fourth-order valence-corrected chi connectivity index (χ4v) is 3.77. The molecule has 148 valence electrons. The van der Waals surface area contributed by atoms with Gasteiger partial charge < -0.3 is 25.2 Å². The summed E-state index contributed by atoms with van der Waals surface area (Å²) in [6.07, 6.45) is 1.51. The van der Waals surface area contributed by atoms with Crippen LogP contribution in [0.4, 0.5) is 5.69 Å². The Labute approximate surface area is 161 Å². The molecule has 0 atom stereocenters. The van der Waals surface area contributed by atoms with Crippen molar-refractivity contribution in [1.29, 1.82) is 0 Å². The summed E-state index contributed by atoms with van der Waals surface area (Å²) in [6.45, 7) is 5.35. The lowest BCUT2D eigenvalue weighted by atomic mass is 9.78. The van der Waals surface area contributed by atoms with Crippen LogP contribution >= 0.6 is 0 Å². The first-order valence-corrected chi connectivity index (χ1v) is 9.63. The van der Waals surface area contributed by atoms with Crippen molar-refractivity contribution in [3.05, 3.63) is 29.8 Å². The molecule has 2 aliphatic rings. The summed E-state index contributed by atoms with van der Waals surface area (Å²) in [4.78, 5) is 29.6. The van der Waals surface area contributed by atoms with E-state index < -0.39 is 5.41 Å². The fourth-order valence-electron chi connectivity index (χ4n) is 3.77. The van der Waals surface area contributed by atoms with E-state index in [1.807, 2.05) is 17.0 Å². The highest BCUT2D eigenvalue weighted by molar-refractivity contribution is 5.97. The lowest BCUT2D eigenvalue weighted by Crippen LogP contribution is -2.47. The molecular formula is C20H30N4O3. The molecule has 27 heavy (non-hydrogen) atoms. The third-order valence-corrected chi connectivity index (χ3v) is 5.64. The maximum absolute atomic E-state index is 12.9. The minimum atomic E-state index is -0.492. The number of likely N-dealkylation sites (N-methyl/N-ethyl adjacent to an activating group) is 1. The van der Waals surface area contributed by atoms with Gasteiger partial charge in [0.1, 0.15) is 0 Å². The SMILES string of the molecule is COCC1(C(=O)Nc2ccc(C(=O)N3CCN(C)CC3)cc2)CCNCC1. The molecule has 7 nitrogen and oxygen atoms in total. The standard InChI is InChI=1S/C20H30N4O3/c1-23-11-13-24(14-12-23)18(25)16-3-5-17(6-4-16)22-19(26)20(15-27-2)7-9-21-10-8-20/h3-6,21H,7-15H2,1-2H3,(H,22,26). The predicted octanol–water partition coefficient (Wildman–Crippen LogP) is 1.03. The van der Waals surface area contributed by atoms with Gasteiger partial charge in [-0.2, -0.15) is 0 Å². The van der Waals surface area contributed by atoms with Crippen molar-refractivity contribution in [3.63, 3.8) is 0 Å². The zero-order valence-electron chi connectivity index (χ0n) is 16.3. The van der Waals surface area contributed by atoms with Gasteiger partial charge in [0.15, 0.2) is 0 Å². The smallest absolute Gasteiger partial charge is 0.253 e. The first kappa shape index (κ1) is 19.8. The highest BCUT2D eigenvalue weighted by Gasteiger charge is 2.39. The van der Waals surface area contributed by atoms with Crippen molar-refractivity contribution in [1.82, 2.24) is 15.1 Å². The van der Waals surface area contributed by atoms with Crippen LogP contribution in [0.25, 0.3) is 0 Å². The minimum absolute atomic E-state index is 0.0102. The monoisotopic (exact) mass is 374 g/mol. The molecule has 2 saturated heterocycles. The molecule has 0 aliphatic carbocycles. The van der Waals surface area contributed by atoms with Gasteiger partial charge in [-0.05, 0) is 57.2 Å². The van der Waals surface area contributed by atoms with E-state index in [1.165, 1.54) is 0 Å². The Morgan fingerprint density at radius 2 is 1.74 bits per heavy atom. The van der Waals surface area contributed by atoms with Crippen molar-refractivity contribution in [2.75, 3.05) is 65.3 Å². The number of anilines is 1. The van der Waals surface area contributed by atoms with E-state index in [2.05, 4.69) is 22.6 Å². The maximum Gasteiger partial charge on any atom is 0.253 e. The van der Waals surface area contributed by atoms with Crippen LogP contribution in [0.1, 0.15) is 23.2 Å². The molecule has 0 saturated carbocycles. The maximum atomic E-state index is 12.9. The summed E-state index contributed by atoms with van der Waals surface area (Å²) < 4.78 is 5.33. The third-order valence-electron chi connectivity index (χ3n) is 5.64. The largest absolute Gasteiger partial charge is 0.384 e. The summed E-state index contributed by atoms with van der Waals surface area (Å²) in [7, 11) is 3.70. The van der Waals surface area contributed by atoms with Crippen LogP contribution in [-0.4, -0.2) is 81.6 Å². The molecule has 2 amide bonds. The van der Waals surface area contributed by atoms with Gasteiger partial charge in [0.05, 0.1) is 12.0 Å². The molecule has 0 spiro atoms. The summed E-state index contributed by atoms with van der Waals surface area (Å²) in [5, 5.41) is 6.30. The van der Waals surface area contributed by atoms with Gasteiger partial charge >= 0.3 is 0 Å². The molecule has 3 rings (SSSR count). The molecule has 2 heterocycles. The number of ether oxygens (including phenoxy) is 1. The van der Waals surface area contributed by atoms with Crippen molar-refractivity contribution in [3.8, 4) is 0 Å². The van der Waals surface area contributed by atoms with Crippen LogP contribution < -0.4 is 10.6 Å². The number of nitrogens with one attached hydrogen (secondary N) is 2. The molecule has 0 unspecified atom stereocenters. The quantitative estimate of drug-likeness (QED) is 0.805. The molecule has 0 aromatic heterocycles. The van der Waals surface area contributed by atoms with E-state index in [0.29, 0.717) is 17.9 Å². The second kappa shape index (κ2) is 8.82. The molecule has 0 radical (unpaired) electrons. The van der Waals surface area contributed by atoms with Crippen molar-refractivity contribution >= 4 is 17.5 Å². The van der Waals surface area contributed by atoms with Gasteiger partial charge in [0.2, 0.25) is 5.91 Å². The summed E-state index contributed by atoms with van der Waals surface area (Å²) in [5.41, 5.74) is 0.879. The Bertz CT molecular complexity index is 642. The minimum Gasteiger partial charge on any atom is -0.384 e. The van der Waals surface area contributed by atoms with Gasteiger partial charge in [-0.1, -0.05) is 0 Å². The highest BCUT2D eigenvalue weighted by atomic mass is 16.5. The number of hydrogen-bond donors (Lipinski definition) is 2. The molecule has 0 bridgehead atoms. The zero-order valence-corrected chi connectivity index (χ0v) is 16.3. The molecule has 7 heteroatoms. The highest BCUT2D eigenvalue weighted by Crippen LogP contribution is 2.31. The average molecular weight is 374 g/mol. The Morgan fingerprint density at radius 1 is 1.11 bits per heavy atom. The van der Waals surface area contributed by atoms with Gasteiger partial charge in [-0.3, -0.25) is 9.59 Å². The Balaban J connectivity index is 1.63. The molecule has 1 aromatic carbocycles. The number of hydrogen-bond acceptors (Lipinski definition) is 5. The van der Waals surface area contributed by atoms with E-state index >= 15 is 0 Å². The van der Waals surface area contributed by atoms with Crippen LogP contribution in [0.15, 0.2) is 24.3 Å².